The van der Waals surface area contributed by atoms with Gasteiger partial charge in [0.2, 0.25) is 0 Å². The molecular formula is C13H19NO2. The molecule has 0 bridgehead atoms. The van der Waals surface area contributed by atoms with E-state index in [0.29, 0.717) is 11.7 Å². The van der Waals surface area contributed by atoms with Gasteiger partial charge in [-0.3, -0.25) is 0 Å². The molecule has 0 spiro atoms. The van der Waals surface area contributed by atoms with Crippen LogP contribution in [0, 0.1) is 5.92 Å². The predicted molar refractivity (Wildman–Crippen MR) is 63.3 cm³/mol. The predicted octanol–water partition coefficient (Wildman–Crippen LogP) is 1.69. The molecule has 88 valence electrons. The Kier molecular flexibility index (Phi) is 3.80. The molecule has 1 fully saturated rings. The van der Waals surface area contributed by atoms with E-state index in [2.05, 4.69) is 0 Å². The van der Waals surface area contributed by atoms with Gasteiger partial charge in [0.25, 0.3) is 0 Å². The van der Waals surface area contributed by atoms with Crippen LogP contribution in [0.3, 0.4) is 0 Å². The van der Waals surface area contributed by atoms with Crippen molar-refractivity contribution in [2.45, 2.75) is 25.3 Å². The average Bonchev–Trinajstić information content (AvgIpc) is 2.33. The molecule has 0 radical (unpaired) electrons. The highest BCUT2D eigenvalue weighted by atomic mass is 16.5. The highest BCUT2D eigenvalue weighted by molar-refractivity contribution is 5.26. The van der Waals surface area contributed by atoms with Crippen LogP contribution in [0.2, 0.25) is 0 Å². The van der Waals surface area contributed by atoms with Crippen molar-refractivity contribution in [3.05, 3.63) is 29.8 Å². The van der Waals surface area contributed by atoms with Crippen LogP contribution in [0.5, 0.6) is 5.75 Å². The van der Waals surface area contributed by atoms with Crippen LogP contribution in [0.25, 0.3) is 0 Å². The first-order valence-electron chi connectivity index (χ1n) is 5.87. The molecule has 1 aliphatic rings. The van der Waals surface area contributed by atoms with Crippen LogP contribution >= 0.6 is 0 Å². The Labute approximate surface area is 96.2 Å². The van der Waals surface area contributed by atoms with E-state index in [0.717, 1.165) is 32.5 Å². The summed E-state index contributed by atoms with van der Waals surface area (Å²) in [5.41, 5.74) is 7.39. The number of phenols is 1. The van der Waals surface area contributed by atoms with Gasteiger partial charge < -0.3 is 15.6 Å². The van der Waals surface area contributed by atoms with E-state index >= 15 is 0 Å². The van der Waals surface area contributed by atoms with Crippen molar-refractivity contribution in [1.29, 1.82) is 0 Å². The SMILES string of the molecule is NC(Cc1ccc(O)cc1)C1CCOCC1. The third-order valence-corrected chi connectivity index (χ3v) is 3.28. The van der Waals surface area contributed by atoms with Crippen molar-refractivity contribution in [3.8, 4) is 5.75 Å². The number of phenolic OH excluding ortho intramolecular Hbond substituents is 1. The van der Waals surface area contributed by atoms with Crippen molar-refractivity contribution in [3.63, 3.8) is 0 Å². The standard InChI is InChI=1S/C13H19NO2/c14-13(11-5-7-16-8-6-11)9-10-1-3-12(15)4-2-10/h1-4,11,13,15H,5-9,14H2. The maximum Gasteiger partial charge on any atom is 0.115 e. The molecular weight excluding hydrogens is 202 g/mol. The molecule has 16 heavy (non-hydrogen) atoms. The normalized spacial score (nSPS) is 19.6. The summed E-state index contributed by atoms with van der Waals surface area (Å²) in [5.74, 6) is 0.881. The summed E-state index contributed by atoms with van der Waals surface area (Å²) in [6.07, 6.45) is 3.02. The number of ether oxygens (including phenoxy) is 1. The molecule has 0 saturated carbocycles. The summed E-state index contributed by atoms with van der Waals surface area (Å²) in [7, 11) is 0. The zero-order valence-corrected chi connectivity index (χ0v) is 9.43. The van der Waals surface area contributed by atoms with Gasteiger partial charge >= 0.3 is 0 Å². The molecule has 3 heteroatoms. The van der Waals surface area contributed by atoms with E-state index in [-0.39, 0.29) is 6.04 Å². The second kappa shape index (κ2) is 5.32. The molecule has 1 aliphatic heterocycles. The lowest BCUT2D eigenvalue weighted by molar-refractivity contribution is 0.0585. The zero-order valence-electron chi connectivity index (χ0n) is 9.43. The molecule has 1 aromatic rings. The molecule has 1 heterocycles. The highest BCUT2D eigenvalue weighted by Gasteiger charge is 2.20. The first-order valence-corrected chi connectivity index (χ1v) is 5.87. The van der Waals surface area contributed by atoms with E-state index in [1.807, 2.05) is 12.1 Å². The van der Waals surface area contributed by atoms with Crippen LogP contribution in [0.4, 0.5) is 0 Å². The average molecular weight is 221 g/mol. The van der Waals surface area contributed by atoms with Crippen molar-refractivity contribution in [2.75, 3.05) is 13.2 Å². The van der Waals surface area contributed by atoms with Gasteiger partial charge in [-0.05, 0) is 42.9 Å². The lowest BCUT2D eigenvalue weighted by Gasteiger charge is -2.27. The Morgan fingerprint density at radius 2 is 1.88 bits per heavy atom. The molecule has 1 aromatic carbocycles. The lowest BCUT2D eigenvalue weighted by Crippen LogP contribution is -2.35. The highest BCUT2D eigenvalue weighted by Crippen LogP contribution is 2.20. The minimum absolute atomic E-state index is 0.202. The first kappa shape index (κ1) is 11.4. The van der Waals surface area contributed by atoms with Gasteiger partial charge in [-0.25, -0.2) is 0 Å². The molecule has 0 aliphatic carbocycles. The van der Waals surface area contributed by atoms with E-state index < -0.39 is 0 Å². The van der Waals surface area contributed by atoms with E-state index in [1.165, 1.54) is 5.56 Å². The first-order chi connectivity index (χ1) is 7.75. The second-order valence-corrected chi connectivity index (χ2v) is 4.48. The van der Waals surface area contributed by atoms with Gasteiger partial charge in [-0.1, -0.05) is 12.1 Å². The molecule has 2 rings (SSSR count). The Balaban J connectivity index is 1.90. The molecule has 0 amide bonds. The van der Waals surface area contributed by atoms with Crippen molar-refractivity contribution in [2.24, 2.45) is 11.7 Å². The fourth-order valence-corrected chi connectivity index (χ4v) is 2.21. The molecule has 0 aromatic heterocycles. The van der Waals surface area contributed by atoms with E-state index in [1.54, 1.807) is 12.1 Å². The molecule has 1 unspecified atom stereocenters. The molecule has 3 nitrogen and oxygen atoms in total. The van der Waals surface area contributed by atoms with Crippen LogP contribution in [-0.4, -0.2) is 24.4 Å². The number of rotatable bonds is 3. The van der Waals surface area contributed by atoms with Crippen molar-refractivity contribution >= 4 is 0 Å². The summed E-state index contributed by atoms with van der Waals surface area (Å²) in [5, 5.41) is 9.19. The maximum absolute atomic E-state index is 9.19. The summed E-state index contributed by atoms with van der Waals surface area (Å²) in [6.45, 7) is 1.68. The maximum atomic E-state index is 9.19. The minimum atomic E-state index is 0.202. The van der Waals surface area contributed by atoms with Gasteiger partial charge in [0.1, 0.15) is 5.75 Å². The summed E-state index contributed by atoms with van der Waals surface area (Å²) < 4.78 is 5.33. The van der Waals surface area contributed by atoms with Crippen LogP contribution < -0.4 is 5.73 Å². The van der Waals surface area contributed by atoms with Crippen LogP contribution in [0.15, 0.2) is 24.3 Å². The van der Waals surface area contributed by atoms with E-state index in [4.69, 9.17) is 10.5 Å². The Morgan fingerprint density at radius 3 is 2.50 bits per heavy atom. The summed E-state index contributed by atoms with van der Waals surface area (Å²) in [6, 6.07) is 7.51. The van der Waals surface area contributed by atoms with E-state index in [9.17, 15) is 5.11 Å². The van der Waals surface area contributed by atoms with Crippen molar-refractivity contribution < 1.29 is 9.84 Å². The minimum Gasteiger partial charge on any atom is -0.508 e. The fourth-order valence-electron chi connectivity index (χ4n) is 2.21. The lowest BCUT2D eigenvalue weighted by atomic mass is 9.88. The molecule has 1 saturated heterocycles. The quantitative estimate of drug-likeness (QED) is 0.816. The largest absolute Gasteiger partial charge is 0.508 e. The fraction of sp³-hybridized carbons (Fsp3) is 0.538. The third-order valence-electron chi connectivity index (χ3n) is 3.28. The second-order valence-electron chi connectivity index (χ2n) is 4.48. The zero-order chi connectivity index (χ0) is 11.4. The number of hydrogen-bond acceptors (Lipinski definition) is 3. The Hall–Kier alpha value is -1.06. The van der Waals surface area contributed by atoms with Gasteiger partial charge in [-0.15, -0.1) is 0 Å². The summed E-state index contributed by atoms with van der Waals surface area (Å²) in [4.78, 5) is 0. The van der Waals surface area contributed by atoms with Gasteiger partial charge in [0, 0.05) is 19.3 Å². The number of benzene rings is 1. The van der Waals surface area contributed by atoms with Gasteiger partial charge in [0.15, 0.2) is 0 Å². The number of hydrogen-bond donors (Lipinski definition) is 2. The molecule has 1 atom stereocenters. The third kappa shape index (κ3) is 2.97. The van der Waals surface area contributed by atoms with Gasteiger partial charge in [0.05, 0.1) is 0 Å². The monoisotopic (exact) mass is 221 g/mol. The van der Waals surface area contributed by atoms with Crippen LogP contribution in [0.1, 0.15) is 18.4 Å². The molecule has 3 N–H and O–H groups in total. The Bertz CT molecular complexity index is 317. The Morgan fingerprint density at radius 1 is 1.25 bits per heavy atom. The van der Waals surface area contributed by atoms with Gasteiger partial charge in [-0.2, -0.15) is 0 Å². The topological polar surface area (TPSA) is 55.5 Å². The number of aromatic hydroxyl groups is 1. The smallest absolute Gasteiger partial charge is 0.115 e. The van der Waals surface area contributed by atoms with Crippen molar-refractivity contribution in [1.82, 2.24) is 0 Å². The van der Waals surface area contributed by atoms with Crippen LogP contribution in [-0.2, 0) is 11.2 Å². The summed E-state index contributed by atoms with van der Waals surface area (Å²) >= 11 is 0. The number of nitrogens with two attached hydrogens (primary N) is 1.